The smallest absolute Gasteiger partial charge is 0.0558 e. The minimum Gasteiger partial charge on any atom is -0.395 e. The number of nitrogens with zero attached hydrogens (tertiary/aromatic N) is 2. The first-order chi connectivity index (χ1) is 9.49. The molecule has 1 aliphatic heterocycles. The second-order valence-corrected chi connectivity index (χ2v) is 7.01. The Morgan fingerprint density at radius 3 is 2.45 bits per heavy atom. The van der Waals surface area contributed by atoms with Crippen LogP contribution in [-0.2, 0) is 11.8 Å². The highest BCUT2D eigenvalue weighted by atomic mass is 16.3. The van der Waals surface area contributed by atoms with Gasteiger partial charge in [-0.2, -0.15) is 0 Å². The molecule has 2 rings (SSSR count). The largest absolute Gasteiger partial charge is 0.395 e. The van der Waals surface area contributed by atoms with Crippen LogP contribution in [-0.4, -0.2) is 41.2 Å². The molecular formula is C17H28N2O. The summed E-state index contributed by atoms with van der Waals surface area (Å²) in [7, 11) is 0. The average molecular weight is 276 g/mol. The quantitative estimate of drug-likeness (QED) is 0.918. The number of piperidine rings is 1. The van der Waals surface area contributed by atoms with Gasteiger partial charge in [0.25, 0.3) is 0 Å². The zero-order chi connectivity index (χ0) is 14.6. The number of rotatable bonds is 4. The first-order valence-electron chi connectivity index (χ1n) is 7.77. The van der Waals surface area contributed by atoms with Crippen molar-refractivity contribution >= 4 is 0 Å². The van der Waals surface area contributed by atoms with Crippen LogP contribution in [0.15, 0.2) is 18.3 Å². The molecule has 0 aromatic carbocycles. The maximum Gasteiger partial charge on any atom is 0.0558 e. The fourth-order valence-corrected chi connectivity index (χ4v) is 2.88. The van der Waals surface area contributed by atoms with Gasteiger partial charge in [-0.05, 0) is 49.9 Å². The molecule has 0 unspecified atom stereocenters. The van der Waals surface area contributed by atoms with Crippen molar-refractivity contribution in [1.82, 2.24) is 9.88 Å². The molecule has 1 N–H and O–H groups in total. The summed E-state index contributed by atoms with van der Waals surface area (Å²) in [6.45, 7) is 9.96. The topological polar surface area (TPSA) is 36.4 Å². The minimum atomic E-state index is 0.133. The molecule has 1 fully saturated rings. The van der Waals surface area contributed by atoms with Gasteiger partial charge in [-0.1, -0.05) is 26.8 Å². The molecule has 3 nitrogen and oxygen atoms in total. The third-order valence-corrected chi connectivity index (χ3v) is 4.24. The summed E-state index contributed by atoms with van der Waals surface area (Å²) in [5.74, 6) is 0.771. The van der Waals surface area contributed by atoms with Crippen molar-refractivity contribution < 1.29 is 5.11 Å². The number of aliphatic hydroxyl groups is 1. The fourth-order valence-electron chi connectivity index (χ4n) is 2.88. The zero-order valence-corrected chi connectivity index (χ0v) is 13.1. The molecule has 1 aromatic heterocycles. The lowest BCUT2D eigenvalue weighted by Gasteiger charge is -2.31. The van der Waals surface area contributed by atoms with Gasteiger partial charge in [0.05, 0.1) is 6.61 Å². The van der Waals surface area contributed by atoms with Gasteiger partial charge in [0, 0.05) is 23.9 Å². The molecule has 1 aliphatic rings. The van der Waals surface area contributed by atoms with Crippen molar-refractivity contribution in [2.75, 3.05) is 26.2 Å². The van der Waals surface area contributed by atoms with E-state index in [1.807, 2.05) is 0 Å². The van der Waals surface area contributed by atoms with E-state index in [2.05, 4.69) is 49.0 Å². The maximum atomic E-state index is 8.96. The molecule has 0 atom stereocenters. The summed E-state index contributed by atoms with van der Waals surface area (Å²) < 4.78 is 0. The van der Waals surface area contributed by atoms with Crippen LogP contribution in [0.1, 0.15) is 44.9 Å². The van der Waals surface area contributed by atoms with Crippen molar-refractivity contribution in [3.05, 3.63) is 29.6 Å². The Morgan fingerprint density at radius 1 is 1.25 bits per heavy atom. The van der Waals surface area contributed by atoms with Crippen LogP contribution in [0.2, 0.25) is 0 Å². The van der Waals surface area contributed by atoms with Gasteiger partial charge in [-0.15, -0.1) is 0 Å². The van der Waals surface area contributed by atoms with Gasteiger partial charge in [-0.3, -0.25) is 4.98 Å². The summed E-state index contributed by atoms with van der Waals surface area (Å²) in [5.41, 5.74) is 2.66. The molecule has 1 aromatic rings. The van der Waals surface area contributed by atoms with Crippen LogP contribution < -0.4 is 0 Å². The number of hydrogen-bond acceptors (Lipinski definition) is 3. The zero-order valence-electron chi connectivity index (χ0n) is 13.1. The Morgan fingerprint density at radius 2 is 1.95 bits per heavy atom. The van der Waals surface area contributed by atoms with E-state index in [0.717, 1.165) is 32.0 Å². The van der Waals surface area contributed by atoms with Crippen LogP contribution in [0.4, 0.5) is 0 Å². The van der Waals surface area contributed by atoms with E-state index in [1.54, 1.807) is 0 Å². The maximum absolute atomic E-state index is 8.96. The van der Waals surface area contributed by atoms with Gasteiger partial charge in [0.1, 0.15) is 0 Å². The van der Waals surface area contributed by atoms with E-state index in [9.17, 15) is 0 Å². The monoisotopic (exact) mass is 276 g/mol. The molecule has 2 heterocycles. The van der Waals surface area contributed by atoms with E-state index in [0.29, 0.717) is 0 Å². The van der Waals surface area contributed by atoms with Crippen molar-refractivity contribution in [1.29, 1.82) is 0 Å². The second kappa shape index (κ2) is 6.68. The minimum absolute atomic E-state index is 0.133. The van der Waals surface area contributed by atoms with E-state index >= 15 is 0 Å². The lowest BCUT2D eigenvalue weighted by Crippen LogP contribution is -2.36. The number of aromatic nitrogens is 1. The Hall–Kier alpha value is -0.930. The molecule has 112 valence electrons. The van der Waals surface area contributed by atoms with E-state index in [4.69, 9.17) is 5.11 Å². The van der Waals surface area contributed by atoms with E-state index in [1.165, 1.54) is 24.1 Å². The Bertz CT molecular complexity index is 400. The predicted octanol–water partition coefficient (Wildman–Crippen LogP) is 2.63. The highest BCUT2D eigenvalue weighted by Crippen LogP contribution is 2.23. The molecule has 0 saturated carbocycles. The Kier molecular flexibility index (Phi) is 5.17. The van der Waals surface area contributed by atoms with Crippen molar-refractivity contribution in [3.8, 4) is 0 Å². The van der Waals surface area contributed by atoms with E-state index < -0.39 is 0 Å². The molecule has 20 heavy (non-hydrogen) atoms. The van der Waals surface area contributed by atoms with Crippen molar-refractivity contribution in [3.63, 3.8) is 0 Å². The fraction of sp³-hybridized carbons (Fsp3) is 0.706. The average Bonchev–Trinajstić information content (AvgIpc) is 2.41. The van der Waals surface area contributed by atoms with Gasteiger partial charge in [-0.25, -0.2) is 0 Å². The summed E-state index contributed by atoms with van der Waals surface area (Å²) in [4.78, 5) is 6.97. The lowest BCUT2D eigenvalue weighted by atomic mass is 9.89. The number of pyridine rings is 1. The van der Waals surface area contributed by atoms with Crippen molar-refractivity contribution in [2.24, 2.45) is 5.92 Å². The number of hydrogen-bond donors (Lipinski definition) is 1. The van der Waals surface area contributed by atoms with Crippen LogP contribution in [0, 0.1) is 5.92 Å². The molecule has 0 radical (unpaired) electrons. The van der Waals surface area contributed by atoms with Gasteiger partial charge >= 0.3 is 0 Å². The van der Waals surface area contributed by atoms with Crippen molar-refractivity contribution in [2.45, 2.75) is 45.4 Å². The third kappa shape index (κ3) is 4.29. The molecule has 0 spiro atoms. The Labute approximate surface area is 123 Å². The predicted molar refractivity (Wildman–Crippen MR) is 82.9 cm³/mol. The second-order valence-electron chi connectivity index (χ2n) is 7.01. The SMILES string of the molecule is CC(C)(C)c1ccc(CC2CCN(CCO)CC2)cn1. The van der Waals surface area contributed by atoms with Gasteiger partial charge in [0.2, 0.25) is 0 Å². The summed E-state index contributed by atoms with van der Waals surface area (Å²) >= 11 is 0. The van der Waals surface area contributed by atoms with Gasteiger partial charge in [0.15, 0.2) is 0 Å². The summed E-state index contributed by atoms with van der Waals surface area (Å²) in [6, 6.07) is 4.42. The molecule has 1 saturated heterocycles. The number of β-amino-alcohol motifs (C(OH)–C–C–N with tert-alkyl or cyclic N) is 1. The van der Waals surface area contributed by atoms with Gasteiger partial charge < -0.3 is 10.0 Å². The molecule has 3 heteroatoms. The highest BCUT2D eigenvalue weighted by Gasteiger charge is 2.20. The molecule has 0 amide bonds. The lowest BCUT2D eigenvalue weighted by molar-refractivity contribution is 0.147. The summed E-state index contributed by atoms with van der Waals surface area (Å²) in [6.07, 6.45) is 5.67. The number of aliphatic hydroxyl groups excluding tert-OH is 1. The van der Waals surface area contributed by atoms with Crippen LogP contribution >= 0.6 is 0 Å². The van der Waals surface area contributed by atoms with E-state index in [-0.39, 0.29) is 12.0 Å². The van der Waals surface area contributed by atoms with Crippen LogP contribution in [0.25, 0.3) is 0 Å². The number of likely N-dealkylation sites (tertiary alicyclic amines) is 1. The molecule has 0 bridgehead atoms. The summed E-state index contributed by atoms with van der Waals surface area (Å²) in [5, 5.41) is 8.96. The molecule has 0 aliphatic carbocycles. The third-order valence-electron chi connectivity index (χ3n) is 4.24. The van der Waals surface area contributed by atoms with Crippen LogP contribution in [0.3, 0.4) is 0 Å². The molecular weight excluding hydrogens is 248 g/mol. The first-order valence-corrected chi connectivity index (χ1v) is 7.77. The highest BCUT2D eigenvalue weighted by molar-refractivity contribution is 5.19. The Balaban J connectivity index is 1.85. The first kappa shape index (κ1) is 15.5. The standard InChI is InChI=1S/C17H28N2O/c1-17(2,3)16-5-4-15(13-18-16)12-14-6-8-19(9-7-14)10-11-20/h4-5,13-14,20H,6-12H2,1-3H3. The van der Waals surface area contributed by atoms with Crippen LogP contribution in [0.5, 0.6) is 0 Å². The normalized spacial score (nSPS) is 18.4.